The lowest BCUT2D eigenvalue weighted by atomic mass is 10.1. The smallest absolute Gasteiger partial charge is 0.414 e. The Labute approximate surface area is 152 Å². The zero-order chi connectivity index (χ0) is 17.9. The Balaban J connectivity index is 1.49. The minimum absolute atomic E-state index is 0.160. The number of amides is 2. The van der Waals surface area contributed by atoms with Gasteiger partial charge in [0.15, 0.2) is 0 Å². The van der Waals surface area contributed by atoms with E-state index in [1.807, 2.05) is 24.3 Å². The SMILES string of the molecule is O=C(Nc1ccccc1N1CCCC1)c1ccc(N2CCOC2=O)cc1. The van der Waals surface area contributed by atoms with Crippen LogP contribution in [0.4, 0.5) is 21.9 Å². The fourth-order valence-corrected chi connectivity index (χ4v) is 3.43. The minimum Gasteiger partial charge on any atom is -0.447 e. The number of nitrogens with one attached hydrogen (secondary N) is 1. The number of nitrogens with zero attached hydrogens (tertiary/aromatic N) is 2. The number of ether oxygens (including phenoxy) is 1. The van der Waals surface area contributed by atoms with Crippen molar-refractivity contribution in [2.45, 2.75) is 12.8 Å². The Kier molecular flexibility index (Phi) is 4.48. The van der Waals surface area contributed by atoms with Gasteiger partial charge in [-0.3, -0.25) is 9.69 Å². The lowest BCUT2D eigenvalue weighted by Gasteiger charge is -2.21. The van der Waals surface area contributed by atoms with Crippen LogP contribution in [0.5, 0.6) is 0 Å². The summed E-state index contributed by atoms with van der Waals surface area (Å²) in [5.74, 6) is -0.160. The maximum Gasteiger partial charge on any atom is 0.414 e. The van der Waals surface area contributed by atoms with Crippen LogP contribution in [0, 0.1) is 0 Å². The van der Waals surface area contributed by atoms with Crippen LogP contribution in [-0.4, -0.2) is 38.2 Å². The number of hydrogen-bond acceptors (Lipinski definition) is 4. The highest BCUT2D eigenvalue weighted by Crippen LogP contribution is 2.29. The standard InChI is InChI=1S/C20H21N3O3/c24-19(15-7-9-16(10-8-15)23-13-14-26-20(23)25)21-17-5-1-2-6-18(17)22-11-3-4-12-22/h1-2,5-10H,3-4,11-14H2,(H,21,24). The van der Waals surface area contributed by atoms with Gasteiger partial charge in [-0.2, -0.15) is 0 Å². The highest BCUT2D eigenvalue weighted by Gasteiger charge is 2.23. The summed E-state index contributed by atoms with van der Waals surface area (Å²) >= 11 is 0. The lowest BCUT2D eigenvalue weighted by molar-refractivity contribution is 0.102. The molecule has 0 unspecified atom stereocenters. The van der Waals surface area contributed by atoms with Crippen LogP contribution in [-0.2, 0) is 4.74 Å². The molecule has 4 rings (SSSR count). The second-order valence-corrected chi connectivity index (χ2v) is 6.48. The minimum atomic E-state index is -0.346. The van der Waals surface area contributed by atoms with Crippen molar-refractivity contribution in [3.63, 3.8) is 0 Å². The predicted molar refractivity (Wildman–Crippen MR) is 101 cm³/mol. The van der Waals surface area contributed by atoms with E-state index in [0.717, 1.165) is 30.2 Å². The molecule has 1 N–H and O–H groups in total. The van der Waals surface area contributed by atoms with Gasteiger partial charge in [0.1, 0.15) is 6.61 Å². The maximum atomic E-state index is 12.6. The van der Waals surface area contributed by atoms with Gasteiger partial charge in [0.05, 0.1) is 17.9 Å². The largest absolute Gasteiger partial charge is 0.447 e. The summed E-state index contributed by atoms with van der Waals surface area (Å²) in [5.41, 5.74) is 3.18. The topological polar surface area (TPSA) is 61.9 Å². The number of carbonyl (C=O) groups excluding carboxylic acids is 2. The van der Waals surface area contributed by atoms with E-state index in [4.69, 9.17) is 4.74 Å². The van der Waals surface area contributed by atoms with Crippen LogP contribution < -0.4 is 15.1 Å². The molecule has 0 saturated carbocycles. The average Bonchev–Trinajstić information content (AvgIpc) is 3.34. The normalized spacial score (nSPS) is 16.7. The van der Waals surface area contributed by atoms with Crippen LogP contribution in [0.3, 0.4) is 0 Å². The first-order chi connectivity index (χ1) is 12.7. The Morgan fingerprint density at radius 1 is 0.962 bits per heavy atom. The van der Waals surface area contributed by atoms with Crippen molar-refractivity contribution < 1.29 is 14.3 Å². The molecule has 6 nitrogen and oxygen atoms in total. The highest BCUT2D eigenvalue weighted by atomic mass is 16.6. The van der Waals surface area contributed by atoms with Crippen LogP contribution >= 0.6 is 0 Å². The second-order valence-electron chi connectivity index (χ2n) is 6.48. The van der Waals surface area contributed by atoms with Crippen molar-refractivity contribution in [1.82, 2.24) is 0 Å². The monoisotopic (exact) mass is 351 g/mol. The highest BCUT2D eigenvalue weighted by molar-refractivity contribution is 6.06. The molecule has 26 heavy (non-hydrogen) atoms. The number of benzene rings is 2. The van der Waals surface area contributed by atoms with Gasteiger partial charge >= 0.3 is 6.09 Å². The summed E-state index contributed by atoms with van der Waals surface area (Å²) in [5, 5.41) is 3.02. The van der Waals surface area contributed by atoms with Crippen LogP contribution in [0.1, 0.15) is 23.2 Å². The summed E-state index contributed by atoms with van der Waals surface area (Å²) in [6, 6.07) is 14.9. The van der Waals surface area contributed by atoms with Gasteiger partial charge in [-0.25, -0.2) is 4.79 Å². The van der Waals surface area contributed by atoms with Crippen LogP contribution in [0.25, 0.3) is 0 Å². The van der Waals surface area contributed by atoms with Gasteiger partial charge in [-0.15, -0.1) is 0 Å². The Morgan fingerprint density at radius 3 is 2.38 bits per heavy atom. The summed E-state index contributed by atoms with van der Waals surface area (Å²) in [4.78, 5) is 28.1. The Morgan fingerprint density at radius 2 is 1.69 bits per heavy atom. The summed E-state index contributed by atoms with van der Waals surface area (Å²) in [6.45, 7) is 2.98. The van der Waals surface area contributed by atoms with Crippen molar-refractivity contribution >= 4 is 29.1 Å². The van der Waals surface area contributed by atoms with Crippen molar-refractivity contribution in [2.24, 2.45) is 0 Å². The van der Waals surface area contributed by atoms with Crippen molar-refractivity contribution in [1.29, 1.82) is 0 Å². The first-order valence-corrected chi connectivity index (χ1v) is 8.92. The third kappa shape index (κ3) is 3.22. The van der Waals surface area contributed by atoms with E-state index in [1.54, 1.807) is 29.2 Å². The molecule has 2 saturated heterocycles. The molecule has 2 aliphatic rings. The van der Waals surface area contributed by atoms with Crippen molar-refractivity contribution in [2.75, 3.05) is 41.4 Å². The van der Waals surface area contributed by atoms with Gasteiger partial charge in [0.2, 0.25) is 0 Å². The lowest BCUT2D eigenvalue weighted by Crippen LogP contribution is -2.23. The van der Waals surface area contributed by atoms with E-state index in [-0.39, 0.29) is 12.0 Å². The molecular weight excluding hydrogens is 330 g/mol. The average molecular weight is 351 g/mol. The molecular formula is C20H21N3O3. The maximum absolute atomic E-state index is 12.6. The number of carbonyl (C=O) groups is 2. The van der Waals surface area contributed by atoms with Gasteiger partial charge in [-0.1, -0.05) is 12.1 Å². The number of cyclic esters (lactones) is 1. The fraction of sp³-hybridized carbons (Fsp3) is 0.300. The molecule has 2 amide bonds. The molecule has 0 spiro atoms. The number of anilines is 3. The molecule has 134 valence electrons. The van der Waals surface area contributed by atoms with Gasteiger partial charge in [0.25, 0.3) is 5.91 Å². The van der Waals surface area contributed by atoms with E-state index in [0.29, 0.717) is 18.7 Å². The molecule has 2 aromatic carbocycles. The van der Waals surface area contributed by atoms with E-state index in [9.17, 15) is 9.59 Å². The van der Waals surface area contributed by atoms with E-state index < -0.39 is 0 Å². The number of hydrogen-bond donors (Lipinski definition) is 1. The molecule has 0 aliphatic carbocycles. The molecule has 0 aromatic heterocycles. The summed E-state index contributed by atoms with van der Waals surface area (Å²) < 4.78 is 4.94. The molecule has 6 heteroatoms. The quantitative estimate of drug-likeness (QED) is 0.916. The summed E-state index contributed by atoms with van der Waals surface area (Å²) in [7, 11) is 0. The first kappa shape index (κ1) is 16.4. The molecule has 0 atom stereocenters. The van der Waals surface area contributed by atoms with E-state index in [2.05, 4.69) is 10.2 Å². The van der Waals surface area contributed by atoms with Crippen LogP contribution in [0.2, 0.25) is 0 Å². The van der Waals surface area contributed by atoms with Gasteiger partial charge in [-0.05, 0) is 49.2 Å². The van der Waals surface area contributed by atoms with Gasteiger partial charge in [0, 0.05) is 24.3 Å². The third-order valence-electron chi connectivity index (χ3n) is 4.80. The number of para-hydroxylation sites is 2. The third-order valence-corrected chi connectivity index (χ3v) is 4.80. The van der Waals surface area contributed by atoms with E-state index >= 15 is 0 Å². The van der Waals surface area contributed by atoms with E-state index in [1.165, 1.54) is 12.8 Å². The number of rotatable bonds is 4. The molecule has 2 aromatic rings. The Bertz CT molecular complexity index is 813. The van der Waals surface area contributed by atoms with Crippen LogP contribution in [0.15, 0.2) is 48.5 Å². The van der Waals surface area contributed by atoms with Crippen molar-refractivity contribution in [3.05, 3.63) is 54.1 Å². The zero-order valence-corrected chi connectivity index (χ0v) is 14.5. The second kappa shape index (κ2) is 7.07. The molecule has 2 fully saturated rings. The zero-order valence-electron chi connectivity index (χ0n) is 14.5. The molecule has 2 aliphatic heterocycles. The fourth-order valence-electron chi connectivity index (χ4n) is 3.43. The Hall–Kier alpha value is -3.02. The summed E-state index contributed by atoms with van der Waals surface area (Å²) in [6.07, 6.45) is 2.02. The van der Waals surface area contributed by atoms with Crippen molar-refractivity contribution in [3.8, 4) is 0 Å². The van der Waals surface area contributed by atoms with Gasteiger partial charge < -0.3 is 15.0 Å². The first-order valence-electron chi connectivity index (χ1n) is 8.92. The molecule has 0 bridgehead atoms. The molecule has 0 radical (unpaired) electrons. The predicted octanol–water partition coefficient (Wildman–Crippen LogP) is 3.50. The molecule has 2 heterocycles.